The number of benzene rings is 4. The molecule has 0 bridgehead atoms. The van der Waals surface area contributed by atoms with Gasteiger partial charge in [-0.1, -0.05) is 115 Å². The summed E-state index contributed by atoms with van der Waals surface area (Å²) in [6.45, 7) is 0.974. The Morgan fingerprint density at radius 2 is 1.34 bits per heavy atom. The average Bonchev–Trinajstić information content (AvgIpc) is 2.99. The van der Waals surface area contributed by atoms with Crippen molar-refractivity contribution in [2.24, 2.45) is 0 Å². The highest BCUT2D eigenvalue weighted by atomic mass is 16.5. The van der Waals surface area contributed by atoms with E-state index in [0.29, 0.717) is 19.6 Å². The van der Waals surface area contributed by atoms with Crippen LogP contribution in [-0.4, -0.2) is 11.2 Å². The van der Waals surface area contributed by atoms with Crippen LogP contribution in [0.1, 0.15) is 28.7 Å². The third-order valence-electron chi connectivity index (χ3n) is 6.64. The fraction of sp³-hybridized carbons (Fsp3) is 0.143. The lowest BCUT2D eigenvalue weighted by Crippen LogP contribution is -2.37. The minimum atomic E-state index is -0.915. The van der Waals surface area contributed by atoms with Gasteiger partial charge in [0.25, 0.3) is 0 Å². The Morgan fingerprint density at radius 1 is 0.711 bits per heavy atom. The summed E-state index contributed by atoms with van der Waals surface area (Å²) in [6, 6.07) is 35.8. The lowest BCUT2D eigenvalue weighted by atomic mass is 9.71. The van der Waals surface area contributed by atoms with E-state index in [1.807, 2.05) is 127 Å². The Labute approximate surface area is 224 Å². The van der Waals surface area contributed by atoms with Gasteiger partial charge in [0.2, 0.25) is 0 Å². The lowest BCUT2D eigenvalue weighted by Gasteiger charge is -2.34. The van der Waals surface area contributed by atoms with E-state index in [4.69, 9.17) is 9.47 Å². The van der Waals surface area contributed by atoms with Crippen LogP contribution in [0.2, 0.25) is 0 Å². The largest absolute Gasteiger partial charge is 0.489 e. The minimum Gasteiger partial charge on any atom is -0.489 e. The van der Waals surface area contributed by atoms with Gasteiger partial charge < -0.3 is 14.6 Å². The molecule has 0 spiro atoms. The summed E-state index contributed by atoms with van der Waals surface area (Å²) in [5.41, 5.74) is 3.29. The van der Waals surface area contributed by atoms with Crippen molar-refractivity contribution in [1.82, 2.24) is 0 Å². The smallest absolute Gasteiger partial charge is 0.128 e. The molecule has 3 nitrogen and oxygen atoms in total. The predicted octanol–water partition coefficient (Wildman–Crippen LogP) is 7.01. The third-order valence-corrected chi connectivity index (χ3v) is 6.64. The van der Waals surface area contributed by atoms with E-state index in [-0.39, 0.29) is 0 Å². The Balaban J connectivity index is 1.33. The number of ether oxygens (including phenoxy) is 2. The molecule has 1 N–H and O–H groups in total. The molecule has 188 valence electrons. The topological polar surface area (TPSA) is 38.7 Å². The van der Waals surface area contributed by atoms with E-state index in [1.165, 1.54) is 0 Å². The van der Waals surface area contributed by atoms with Crippen LogP contribution in [0.5, 0.6) is 11.5 Å². The van der Waals surface area contributed by atoms with Crippen molar-refractivity contribution in [3.8, 4) is 23.3 Å². The second kappa shape index (κ2) is 12.1. The molecular weight excluding hydrogens is 468 g/mol. The first-order chi connectivity index (χ1) is 18.7. The molecule has 0 saturated carbocycles. The number of rotatable bonds is 8. The van der Waals surface area contributed by atoms with Gasteiger partial charge in [0, 0.05) is 5.56 Å². The van der Waals surface area contributed by atoms with Crippen LogP contribution < -0.4 is 9.47 Å². The van der Waals surface area contributed by atoms with E-state index < -0.39 is 11.5 Å². The highest BCUT2D eigenvalue weighted by molar-refractivity contribution is 5.46. The van der Waals surface area contributed by atoms with Gasteiger partial charge in [-0.15, -0.1) is 0 Å². The van der Waals surface area contributed by atoms with Gasteiger partial charge in [0.15, 0.2) is 0 Å². The van der Waals surface area contributed by atoms with E-state index in [1.54, 1.807) is 0 Å². The minimum absolute atomic E-state index is 0.484. The van der Waals surface area contributed by atoms with Gasteiger partial charge >= 0.3 is 0 Å². The number of hydrogen-bond donors (Lipinski definition) is 1. The number of allylic oxidation sites excluding steroid dienone is 3. The van der Waals surface area contributed by atoms with Crippen LogP contribution >= 0.6 is 0 Å². The molecular formula is C35H30O3. The maximum Gasteiger partial charge on any atom is 0.128 e. The van der Waals surface area contributed by atoms with E-state index in [9.17, 15) is 5.11 Å². The molecule has 0 fully saturated rings. The summed E-state index contributed by atoms with van der Waals surface area (Å²) in [5.74, 6) is 7.78. The monoisotopic (exact) mass is 498 g/mol. The number of hydrogen-bond acceptors (Lipinski definition) is 3. The van der Waals surface area contributed by atoms with E-state index in [0.717, 1.165) is 33.8 Å². The van der Waals surface area contributed by atoms with Crippen LogP contribution in [0.3, 0.4) is 0 Å². The number of aliphatic hydroxyl groups excluding tert-OH is 1. The quantitative estimate of drug-likeness (QED) is 0.266. The second-order valence-corrected chi connectivity index (χ2v) is 9.31. The molecule has 4 aromatic rings. The normalized spacial score (nSPS) is 16.8. The molecule has 0 aromatic heterocycles. The van der Waals surface area contributed by atoms with Crippen LogP contribution in [0, 0.1) is 11.8 Å². The summed E-state index contributed by atoms with van der Waals surface area (Å²) in [6.07, 6.45) is 7.82. The zero-order valence-electron chi connectivity index (χ0n) is 21.2. The van der Waals surface area contributed by atoms with Crippen molar-refractivity contribution in [2.75, 3.05) is 0 Å². The molecule has 0 aliphatic heterocycles. The lowest BCUT2D eigenvalue weighted by molar-refractivity contribution is 0.159. The zero-order valence-corrected chi connectivity index (χ0v) is 21.2. The Morgan fingerprint density at radius 3 is 1.97 bits per heavy atom. The highest BCUT2D eigenvalue weighted by Crippen LogP contribution is 2.37. The molecule has 0 amide bonds. The van der Waals surface area contributed by atoms with E-state index in [2.05, 4.69) is 17.9 Å². The molecule has 0 radical (unpaired) electrons. The average molecular weight is 499 g/mol. The first kappa shape index (κ1) is 25.1. The molecule has 2 atom stereocenters. The van der Waals surface area contributed by atoms with Gasteiger partial charge in [0.1, 0.15) is 30.8 Å². The first-order valence-corrected chi connectivity index (χ1v) is 12.8. The highest BCUT2D eigenvalue weighted by Gasteiger charge is 2.36. The molecule has 2 unspecified atom stereocenters. The van der Waals surface area contributed by atoms with Crippen LogP contribution in [0.25, 0.3) is 0 Å². The van der Waals surface area contributed by atoms with Crippen LogP contribution in [0.15, 0.2) is 133 Å². The van der Waals surface area contributed by atoms with Gasteiger partial charge in [-0.3, -0.25) is 0 Å². The summed E-state index contributed by atoms with van der Waals surface area (Å²) < 4.78 is 12.0. The van der Waals surface area contributed by atoms with Crippen LogP contribution in [-0.2, 0) is 18.6 Å². The summed E-state index contributed by atoms with van der Waals surface area (Å²) in [7, 11) is 0. The van der Waals surface area contributed by atoms with Crippen molar-refractivity contribution < 1.29 is 14.6 Å². The Hall–Kier alpha value is -4.52. The number of aliphatic hydroxyl groups is 1. The molecule has 38 heavy (non-hydrogen) atoms. The molecule has 4 aromatic carbocycles. The SMILES string of the molecule is OC(C#Cc1cccc(OCc2ccccc2)c1)C1(c2cccc(OCc3ccccc3)c2)C=CC=CC1. The van der Waals surface area contributed by atoms with Gasteiger partial charge in [-0.05, 0) is 53.4 Å². The standard InChI is InChI=1S/C35H30O3/c36-34(21-20-28-16-10-18-32(24-28)37-26-29-12-4-1-5-13-29)35(22-8-3-9-23-35)31-17-11-19-33(25-31)38-27-30-14-6-2-7-15-30/h1-19,22,24-25,34,36H,23,26-27H2. The van der Waals surface area contributed by atoms with Crippen molar-refractivity contribution in [3.05, 3.63) is 156 Å². The summed E-state index contributed by atoms with van der Waals surface area (Å²) >= 11 is 0. The Bertz CT molecular complexity index is 1460. The third kappa shape index (κ3) is 6.24. The zero-order chi connectivity index (χ0) is 26.0. The molecule has 1 aliphatic carbocycles. The predicted molar refractivity (Wildman–Crippen MR) is 152 cm³/mol. The van der Waals surface area contributed by atoms with Crippen molar-refractivity contribution in [3.63, 3.8) is 0 Å². The molecule has 0 heterocycles. The first-order valence-electron chi connectivity index (χ1n) is 12.8. The van der Waals surface area contributed by atoms with Crippen LogP contribution in [0.4, 0.5) is 0 Å². The van der Waals surface area contributed by atoms with Gasteiger partial charge in [-0.25, -0.2) is 0 Å². The van der Waals surface area contributed by atoms with Crippen molar-refractivity contribution >= 4 is 0 Å². The summed E-state index contributed by atoms with van der Waals surface area (Å²) in [5, 5.41) is 11.4. The molecule has 5 rings (SSSR count). The molecule has 0 saturated heterocycles. The van der Waals surface area contributed by atoms with Gasteiger partial charge in [0.05, 0.1) is 5.41 Å². The van der Waals surface area contributed by atoms with Crippen molar-refractivity contribution in [2.45, 2.75) is 31.2 Å². The Kier molecular flexibility index (Phi) is 8.04. The van der Waals surface area contributed by atoms with Gasteiger partial charge in [-0.2, -0.15) is 0 Å². The van der Waals surface area contributed by atoms with Crippen molar-refractivity contribution in [1.29, 1.82) is 0 Å². The maximum absolute atomic E-state index is 11.4. The fourth-order valence-corrected chi connectivity index (χ4v) is 4.51. The van der Waals surface area contributed by atoms with E-state index >= 15 is 0 Å². The fourth-order valence-electron chi connectivity index (χ4n) is 4.51. The molecule has 3 heteroatoms. The maximum atomic E-state index is 11.4. The molecule has 1 aliphatic rings. The summed E-state index contributed by atoms with van der Waals surface area (Å²) in [4.78, 5) is 0. The second-order valence-electron chi connectivity index (χ2n) is 9.31.